The molecule has 4 bridgehead atoms. The highest BCUT2D eigenvalue weighted by Gasteiger charge is 2.57. The molecule has 4 aliphatic carbocycles. The van der Waals surface area contributed by atoms with Gasteiger partial charge in [-0.05, 0) is 62.3 Å². The fourth-order valence-corrected chi connectivity index (χ4v) is 5.79. The molecule has 1 aliphatic heterocycles. The van der Waals surface area contributed by atoms with Crippen molar-refractivity contribution in [3.63, 3.8) is 0 Å². The second-order valence-electron chi connectivity index (χ2n) is 7.14. The Hall–Kier alpha value is -0.0800. The fourth-order valence-electron chi connectivity index (χ4n) is 5.79. The predicted molar refractivity (Wildman–Crippen MR) is 69.9 cm³/mol. The van der Waals surface area contributed by atoms with E-state index in [1.165, 1.54) is 51.9 Å². The van der Waals surface area contributed by atoms with Crippen LogP contribution < -0.4 is 5.32 Å². The summed E-state index contributed by atoms with van der Waals surface area (Å²) >= 11 is 0. The van der Waals surface area contributed by atoms with Crippen LogP contribution in [0, 0.1) is 23.7 Å². The SMILES string of the molecule is CCN1CCNC2(C1)C1CC3CC(C1)CC2C3. The highest BCUT2D eigenvalue weighted by molar-refractivity contribution is 5.13. The minimum absolute atomic E-state index is 0.529. The van der Waals surface area contributed by atoms with E-state index >= 15 is 0 Å². The fraction of sp³-hybridized carbons (Fsp3) is 1.00. The van der Waals surface area contributed by atoms with Gasteiger partial charge in [0.2, 0.25) is 0 Å². The van der Waals surface area contributed by atoms with Crippen molar-refractivity contribution < 1.29 is 0 Å². The summed E-state index contributed by atoms with van der Waals surface area (Å²) in [5.41, 5.74) is 0.529. The van der Waals surface area contributed by atoms with Gasteiger partial charge in [0.1, 0.15) is 0 Å². The number of hydrogen-bond acceptors (Lipinski definition) is 2. The maximum atomic E-state index is 4.00. The lowest BCUT2D eigenvalue weighted by molar-refractivity contribution is -0.0973. The van der Waals surface area contributed by atoms with Crippen molar-refractivity contribution in [2.75, 3.05) is 26.2 Å². The van der Waals surface area contributed by atoms with Crippen LogP contribution in [0.5, 0.6) is 0 Å². The molecule has 0 radical (unpaired) electrons. The van der Waals surface area contributed by atoms with Gasteiger partial charge < -0.3 is 10.2 Å². The summed E-state index contributed by atoms with van der Waals surface area (Å²) in [5, 5.41) is 4.00. The molecule has 2 heteroatoms. The zero-order valence-electron chi connectivity index (χ0n) is 11.1. The molecule has 5 rings (SSSR count). The zero-order chi connectivity index (χ0) is 11.5. The normalized spacial score (nSPS) is 53.5. The lowest BCUT2D eigenvalue weighted by Gasteiger charge is -2.64. The molecule has 0 aromatic carbocycles. The number of nitrogens with zero attached hydrogens (tertiary/aromatic N) is 1. The average molecular weight is 234 g/mol. The van der Waals surface area contributed by atoms with Gasteiger partial charge in [0.15, 0.2) is 0 Å². The number of piperazine rings is 1. The van der Waals surface area contributed by atoms with Crippen molar-refractivity contribution >= 4 is 0 Å². The molecule has 1 N–H and O–H groups in total. The average Bonchev–Trinajstić information content (AvgIpc) is 2.35. The van der Waals surface area contributed by atoms with Crippen LogP contribution >= 0.6 is 0 Å². The van der Waals surface area contributed by atoms with Crippen molar-refractivity contribution in [1.82, 2.24) is 10.2 Å². The first kappa shape index (κ1) is 10.8. The van der Waals surface area contributed by atoms with Crippen molar-refractivity contribution in [1.29, 1.82) is 0 Å². The summed E-state index contributed by atoms with van der Waals surface area (Å²) in [6.45, 7) is 7.42. The van der Waals surface area contributed by atoms with Crippen molar-refractivity contribution in [2.24, 2.45) is 23.7 Å². The highest BCUT2D eigenvalue weighted by Crippen LogP contribution is 2.58. The molecule has 1 spiro atoms. The van der Waals surface area contributed by atoms with Crippen LogP contribution in [0.25, 0.3) is 0 Å². The molecule has 2 nitrogen and oxygen atoms in total. The van der Waals surface area contributed by atoms with Crippen LogP contribution in [0.15, 0.2) is 0 Å². The largest absolute Gasteiger partial charge is 0.308 e. The number of rotatable bonds is 1. The van der Waals surface area contributed by atoms with Crippen LogP contribution in [0.3, 0.4) is 0 Å². The minimum atomic E-state index is 0.529. The van der Waals surface area contributed by atoms with Crippen LogP contribution in [0.1, 0.15) is 39.0 Å². The Kier molecular flexibility index (Phi) is 2.36. The summed E-state index contributed by atoms with van der Waals surface area (Å²) in [7, 11) is 0. The molecular formula is C15H26N2. The van der Waals surface area contributed by atoms with E-state index in [-0.39, 0.29) is 0 Å². The lowest BCUT2D eigenvalue weighted by Crippen LogP contribution is -2.72. The van der Waals surface area contributed by atoms with Crippen LogP contribution in [-0.2, 0) is 0 Å². The topological polar surface area (TPSA) is 15.3 Å². The first-order valence-electron chi connectivity index (χ1n) is 7.77. The van der Waals surface area contributed by atoms with Gasteiger partial charge in [-0.2, -0.15) is 0 Å². The Morgan fingerprint density at radius 1 is 1.06 bits per heavy atom. The first-order valence-corrected chi connectivity index (χ1v) is 7.77. The van der Waals surface area contributed by atoms with E-state index in [2.05, 4.69) is 17.1 Å². The van der Waals surface area contributed by atoms with Gasteiger partial charge in [-0.3, -0.25) is 0 Å². The van der Waals surface area contributed by atoms with Gasteiger partial charge in [0.25, 0.3) is 0 Å². The van der Waals surface area contributed by atoms with Gasteiger partial charge in [0, 0.05) is 25.2 Å². The van der Waals surface area contributed by atoms with Gasteiger partial charge in [0.05, 0.1) is 0 Å². The molecule has 0 aromatic heterocycles. The molecule has 1 saturated heterocycles. The molecule has 0 amide bonds. The lowest BCUT2D eigenvalue weighted by atomic mass is 9.48. The Morgan fingerprint density at radius 2 is 1.71 bits per heavy atom. The summed E-state index contributed by atoms with van der Waals surface area (Å²) in [4.78, 5) is 2.69. The van der Waals surface area contributed by atoms with E-state index in [1.54, 1.807) is 6.42 Å². The van der Waals surface area contributed by atoms with Crippen molar-refractivity contribution in [3.05, 3.63) is 0 Å². The van der Waals surface area contributed by atoms with Gasteiger partial charge in [-0.25, -0.2) is 0 Å². The van der Waals surface area contributed by atoms with Crippen molar-refractivity contribution in [2.45, 2.75) is 44.6 Å². The third kappa shape index (κ3) is 1.46. The summed E-state index contributed by atoms with van der Waals surface area (Å²) in [6, 6.07) is 0. The maximum absolute atomic E-state index is 4.00. The Bertz CT molecular complexity index is 284. The Morgan fingerprint density at radius 3 is 2.29 bits per heavy atom. The maximum Gasteiger partial charge on any atom is 0.0366 e. The molecule has 5 aliphatic rings. The second kappa shape index (κ2) is 3.71. The molecule has 0 atom stereocenters. The standard InChI is InChI=1S/C15H26N2/c1-2-17-4-3-16-15(10-17)13-6-11-5-12(8-13)9-14(15)7-11/h11-14,16H,2-10H2,1H3. The molecule has 4 saturated carbocycles. The Labute approximate surface area is 105 Å². The van der Waals surface area contributed by atoms with E-state index in [4.69, 9.17) is 0 Å². The van der Waals surface area contributed by atoms with Crippen molar-refractivity contribution in [3.8, 4) is 0 Å². The quantitative estimate of drug-likeness (QED) is 0.747. The predicted octanol–water partition coefficient (Wildman–Crippen LogP) is 2.11. The summed E-state index contributed by atoms with van der Waals surface area (Å²) in [5.74, 6) is 4.21. The van der Waals surface area contributed by atoms with Crippen LogP contribution in [0.4, 0.5) is 0 Å². The number of hydrogen-bond donors (Lipinski definition) is 1. The van der Waals surface area contributed by atoms with E-state index in [1.807, 2.05) is 0 Å². The molecule has 5 fully saturated rings. The Balaban J connectivity index is 1.64. The molecule has 1 heterocycles. The van der Waals surface area contributed by atoms with E-state index in [0.29, 0.717) is 5.54 Å². The molecular weight excluding hydrogens is 208 g/mol. The summed E-state index contributed by atoms with van der Waals surface area (Å²) in [6.07, 6.45) is 7.73. The number of likely N-dealkylation sites (N-methyl/N-ethyl adjacent to an activating group) is 1. The first-order chi connectivity index (χ1) is 8.30. The molecule has 17 heavy (non-hydrogen) atoms. The van der Waals surface area contributed by atoms with Gasteiger partial charge in [-0.1, -0.05) is 6.92 Å². The summed E-state index contributed by atoms with van der Waals surface area (Å²) < 4.78 is 0. The second-order valence-corrected chi connectivity index (χ2v) is 7.14. The van der Waals surface area contributed by atoms with Gasteiger partial charge >= 0.3 is 0 Å². The molecule has 0 aromatic rings. The monoisotopic (exact) mass is 234 g/mol. The van der Waals surface area contributed by atoms with Crippen LogP contribution in [-0.4, -0.2) is 36.6 Å². The minimum Gasteiger partial charge on any atom is -0.308 e. The van der Waals surface area contributed by atoms with E-state index in [0.717, 1.165) is 23.7 Å². The van der Waals surface area contributed by atoms with E-state index < -0.39 is 0 Å². The van der Waals surface area contributed by atoms with E-state index in [9.17, 15) is 0 Å². The zero-order valence-corrected chi connectivity index (χ0v) is 11.1. The molecule has 96 valence electrons. The number of nitrogens with one attached hydrogen (secondary N) is 1. The third-order valence-electron chi connectivity index (χ3n) is 6.41. The third-order valence-corrected chi connectivity index (χ3v) is 6.41. The van der Waals surface area contributed by atoms with Gasteiger partial charge in [-0.15, -0.1) is 0 Å². The van der Waals surface area contributed by atoms with Crippen LogP contribution in [0.2, 0.25) is 0 Å². The highest BCUT2D eigenvalue weighted by atomic mass is 15.2. The molecule has 0 unspecified atom stereocenters. The smallest absolute Gasteiger partial charge is 0.0366 e.